The first kappa shape index (κ1) is 35.6. The van der Waals surface area contributed by atoms with E-state index in [0.717, 1.165) is 11.1 Å². The van der Waals surface area contributed by atoms with Gasteiger partial charge in [0, 0.05) is 28.8 Å². The molecule has 6 nitrogen and oxygen atoms in total. The maximum atomic E-state index is 14.0. The second-order valence-corrected chi connectivity index (χ2v) is 11.1. The number of carbonyl (C=O) groups is 1. The standard InChI is InChI=1S/C36H33F6N3O3/c1-7-23(33(43)46)9-8-20(2)19-45-32(25-11-13-30(48-6)22(4)15-25)31(24-10-12-29(47-5)21(3)14-24)44-34(45)26-16-27(35(37,38)39)18-28(17-26)36(40,41)42/h7-18H,1,19H2,2-6H3,(H2,43,46)/b20-8+,23-9+. The van der Waals surface area contributed by atoms with Crippen LogP contribution in [-0.4, -0.2) is 29.7 Å². The second kappa shape index (κ2) is 13.8. The number of nitrogens with zero attached hydrogens (tertiary/aromatic N) is 2. The highest BCUT2D eigenvalue weighted by molar-refractivity contribution is 5.95. The summed E-state index contributed by atoms with van der Waals surface area (Å²) in [7, 11) is 3.01. The second-order valence-electron chi connectivity index (χ2n) is 11.1. The number of benzene rings is 3. The van der Waals surface area contributed by atoms with E-state index in [2.05, 4.69) is 6.58 Å². The van der Waals surface area contributed by atoms with Crippen LogP contribution in [0.2, 0.25) is 0 Å². The molecule has 0 unspecified atom stereocenters. The van der Waals surface area contributed by atoms with Gasteiger partial charge in [-0.05, 0) is 92.6 Å². The summed E-state index contributed by atoms with van der Waals surface area (Å²) in [6.45, 7) is 8.82. The molecule has 0 aliphatic carbocycles. The third-order valence-electron chi connectivity index (χ3n) is 7.61. The maximum absolute atomic E-state index is 14.0. The van der Waals surface area contributed by atoms with Gasteiger partial charge in [-0.25, -0.2) is 4.98 Å². The summed E-state index contributed by atoms with van der Waals surface area (Å²) < 4.78 is 96.4. The molecule has 1 aromatic heterocycles. The first-order valence-electron chi connectivity index (χ1n) is 14.5. The molecule has 4 aromatic rings. The Morgan fingerprint density at radius 1 is 0.833 bits per heavy atom. The van der Waals surface area contributed by atoms with E-state index >= 15 is 0 Å². The summed E-state index contributed by atoms with van der Waals surface area (Å²) in [5.41, 5.74) is 6.03. The van der Waals surface area contributed by atoms with Gasteiger partial charge < -0.3 is 19.8 Å². The molecule has 12 heteroatoms. The Morgan fingerprint density at radius 3 is 1.81 bits per heavy atom. The Labute approximate surface area is 273 Å². The van der Waals surface area contributed by atoms with Crippen LogP contribution in [0.4, 0.5) is 26.3 Å². The zero-order valence-electron chi connectivity index (χ0n) is 26.8. The molecule has 2 N–H and O–H groups in total. The molecular weight excluding hydrogens is 636 g/mol. The summed E-state index contributed by atoms with van der Waals surface area (Å²) in [4.78, 5) is 16.5. The SMILES string of the molecule is C=C/C(=C\C=C(/C)Cn1c(-c2cc(C(F)(F)F)cc(C(F)(F)F)c2)nc(-c2ccc(OC)c(C)c2)c1-c1ccc(OC)c(C)c1)C(N)=O. The Bertz CT molecular complexity index is 1900. The molecule has 3 aromatic carbocycles. The lowest BCUT2D eigenvalue weighted by Gasteiger charge is -2.17. The minimum absolute atomic E-state index is 0.0465. The molecule has 0 spiro atoms. The summed E-state index contributed by atoms with van der Waals surface area (Å²) in [5, 5.41) is 0. The van der Waals surface area contributed by atoms with E-state index in [4.69, 9.17) is 20.2 Å². The number of aromatic nitrogens is 2. The van der Waals surface area contributed by atoms with Crippen LogP contribution in [0, 0.1) is 13.8 Å². The summed E-state index contributed by atoms with van der Waals surface area (Å²) in [5.74, 6) is 0.275. The Kier molecular flexibility index (Phi) is 10.3. The van der Waals surface area contributed by atoms with Crippen molar-refractivity contribution < 1.29 is 40.6 Å². The number of primary amides is 1. The predicted octanol–water partition coefficient (Wildman–Crippen LogP) is 9.10. The van der Waals surface area contributed by atoms with E-state index in [9.17, 15) is 31.1 Å². The quantitative estimate of drug-likeness (QED) is 0.104. The van der Waals surface area contributed by atoms with Crippen molar-refractivity contribution in [2.75, 3.05) is 14.2 Å². The highest BCUT2D eigenvalue weighted by atomic mass is 19.4. The van der Waals surface area contributed by atoms with Crippen molar-refractivity contribution in [3.63, 3.8) is 0 Å². The molecular formula is C36H33F6N3O3. The highest BCUT2D eigenvalue weighted by Gasteiger charge is 2.38. The minimum atomic E-state index is -5.07. The summed E-state index contributed by atoms with van der Waals surface area (Å²) in [6, 6.07) is 11.8. The van der Waals surface area contributed by atoms with Crippen molar-refractivity contribution in [1.82, 2.24) is 9.55 Å². The van der Waals surface area contributed by atoms with Crippen LogP contribution in [0.25, 0.3) is 33.9 Å². The van der Waals surface area contributed by atoms with Crippen LogP contribution in [0.5, 0.6) is 11.5 Å². The van der Waals surface area contributed by atoms with E-state index in [1.165, 1.54) is 26.4 Å². The van der Waals surface area contributed by atoms with E-state index in [1.54, 1.807) is 67.8 Å². The molecule has 0 bridgehead atoms. The van der Waals surface area contributed by atoms with Crippen molar-refractivity contribution in [1.29, 1.82) is 0 Å². The number of rotatable bonds is 10. The van der Waals surface area contributed by atoms with Crippen LogP contribution in [0.3, 0.4) is 0 Å². The lowest BCUT2D eigenvalue weighted by atomic mass is 10.0. The van der Waals surface area contributed by atoms with Gasteiger partial charge >= 0.3 is 12.4 Å². The molecule has 0 saturated carbocycles. The Hall–Kier alpha value is -5.26. The average molecular weight is 670 g/mol. The van der Waals surface area contributed by atoms with E-state index in [1.807, 2.05) is 0 Å². The van der Waals surface area contributed by atoms with Crippen molar-refractivity contribution in [3.8, 4) is 45.4 Å². The maximum Gasteiger partial charge on any atom is 0.416 e. The fourth-order valence-corrected chi connectivity index (χ4v) is 5.24. The number of alkyl halides is 6. The zero-order valence-corrected chi connectivity index (χ0v) is 26.8. The minimum Gasteiger partial charge on any atom is -0.496 e. The number of carbonyl (C=O) groups excluding carboxylic acids is 1. The number of amides is 1. The molecule has 4 rings (SSSR count). The number of imidazole rings is 1. The van der Waals surface area contributed by atoms with Crippen molar-refractivity contribution >= 4 is 5.91 Å². The smallest absolute Gasteiger partial charge is 0.416 e. The van der Waals surface area contributed by atoms with Gasteiger partial charge in [0.2, 0.25) is 5.91 Å². The van der Waals surface area contributed by atoms with Crippen molar-refractivity contribution in [2.45, 2.75) is 39.7 Å². The molecule has 0 radical (unpaired) electrons. The number of ether oxygens (including phenoxy) is 2. The van der Waals surface area contributed by atoms with Crippen molar-refractivity contribution in [2.24, 2.45) is 5.73 Å². The Morgan fingerprint density at radius 2 is 1.35 bits per heavy atom. The van der Waals surface area contributed by atoms with E-state index in [0.29, 0.717) is 51.7 Å². The molecule has 1 amide bonds. The van der Waals surface area contributed by atoms with Gasteiger partial charge in [0.05, 0.1) is 36.7 Å². The third-order valence-corrected chi connectivity index (χ3v) is 7.61. The number of allylic oxidation sites excluding steroid dienone is 3. The number of methoxy groups -OCH3 is 2. The van der Waals surface area contributed by atoms with Crippen LogP contribution in [-0.2, 0) is 23.7 Å². The van der Waals surface area contributed by atoms with Crippen molar-refractivity contribution in [3.05, 3.63) is 113 Å². The number of hydrogen-bond acceptors (Lipinski definition) is 4. The van der Waals surface area contributed by atoms with Gasteiger partial charge in [-0.1, -0.05) is 24.3 Å². The fraction of sp³-hybridized carbons (Fsp3) is 0.222. The molecule has 0 saturated heterocycles. The van der Waals surface area contributed by atoms with Gasteiger partial charge in [0.1, 0.15) is 17.3 Å². The Balaban J connectivity index is 2.15. The molecule has 252 valence electrons. The molecule has 1 heterocycles. The summed E-state index contributed by atoms with van der Waals surface area (Å²) >= 11 is 0. The molecule has 48 heavy (non-hydrogen) atoms. The third kappa shape index (κ3) is 7.64. The molecule has 0 aliphatic rings. The lowest BCUT2D eigenvalue weighted by Crippen LogP contribution is -2.12. The number of nitrogens with two attached hydrogens (primary N) is 1. The van der Waals surface area contributed by atoms with Gasteiger partial charge in [-0.3, -0.25) is 4.79 Å². The monoisotopic (exact) mass is 669 g/mol. The first-order valence-corrected chi connectivity index (χ1v) is 14.5. The van der Waals surface area contributed by atoms with Gasteiger partial charge in [0.25, 0.3) is 0 Å². The number of halogens is 6. The summed E-state index contributed by atoms with van der Waals surface area (Å²) in [6.07, 6.45) is -5.88. The molecule has 0 atom stereocenters. The molecule has 0 fully saturated rings. The zero-order chi connectivity index (χ0) is 35.6. The lowest BCUT2D eigenvalue weighted by molar-refractivity contribution is -0.143. The van der Waals surface area contributed by atoms with Crippen LogP contribution in [0.15, 0.2) is 90.6 Å². The van der Waals surface area contributed by atoms with E-state index in [-0.39, 0.29) is 24.0 Å². The fourth-order valence-electron chi connectivity index (χ4n) is 5.24. The van der Waals surface area contributed by atoms with Crippen LogP contribution >= 0.6 is 0 Å². The number of hydrogen-bond donors (Lipinski definition) is 1. The predicted molar refractivity (Wildman–Crippen MR) is 172 cm³/mol. The molecule has 0 aliphatic heterocycles. The normalized spacial score (nSPS) is 12.6. The average Bonchev–Trinajstić information content (AvgIpc) is 3.38. The van der Waals surface area contributed by atoms with E-state index < -0.39 is 35.0 Å². The largest absolute Gasteiger partial charge is 0.496 e. The topological polar surface area (TPSA) is 79.4 Å². The highest BCUT2D eigenvalue weighted by Crippen LogP contribution is 2.43. The first-order chi connectivity index (χ1) is 22.5. The van der Waals surface area contributed by atoms with Gasteiger partial charge in [-0.15, -0.1) is 0 Å². The van der Waals surface area contributed by atoms with Crippen LogP contribution < -0.4 is 15.2 Å². The number of aryl methyl sites for hydroxylation is 2. The van der Waals surface area contributed by atoms with Gasteiger partial charge in [-0.2, -0.15) is 26.3 Å². The van der Waals surface area contributed by atoms with Gasteiger partial charge in [0.15, 0.2) is 0 Å². The van der Waals surface area contributed by atoms with Crippen LogP contribution in [0.1, 0.15) is 29.2 Å².